The van der Waals surface area contributed by atoms with E-state index in [1.54, 1.807) is 18.2 Å². The first kappa shape index (κ1) is 14.0. The van der Waals surface area contributed by atoms with Gasteiger partial charge in [-0.1, -0.05) is 42.5 Å². The number of carbonyl (C=O) groups is 1. The van der Waals surface area contributed by atoms with Gasteiger partial charge in [-0.05, 0) is 46.7 Å². The zero-order chi connectivity index (χ0) is 15.4. The van der Waals surface area contributed by atoms with Gasteiger partial charge in [-0.2, -0.15) is 0 Å². The van der Waals surface area contributed by atoms with Crippen LogP contribution in [-0.2, 0) is 4.79 Å². The average molecular weight is 291 g/mol. The van der Waals surface area contributed by atoms with Crippen molar-refractivity contribution < 1.29 is 9.18 Å². The van der Waals surface area contributed by atoms with E-state index in [1.807, 2.05) is 42.5 Å². The molecule has 0 aliphatic heterocycles. The summed E-state index contributed by atoms with van der Waals surface area (Å²) in [5.41, 5.74) is 1.38. The van der Waals surface area contributed by atoms with E-state index in [1.165, 1.54) is 18.2 Å². The summed E-state index contributed by atoms with van der Waals surface area (Å²) in [6.07, 6.45) is 2.98. The van der Waals surface area contributed by atoms with Gasteiger partial charge in [0.25, 0.3) is 0 Å². The molecule has 1 amide bonds. The molecule has 0 atom stereocenters. The molecule has 22 heavy (non-hydrogen) atoms. The van der Waals surface area contributed by atoms with Crippen molar-refractivity contribution in [3.63, 3.8) is 0 Å². The van der Waals surface area contributed by atoms with Crippen LogP contribution in [0, 0.1) is 5.82 Å². The third-order valence-electron chi connectivity index (χ3n) is 3.29. The average Bonchev–Trinajstić information content (AvgIpc) is 2.53. The van der Waals surface area contributed by atoms with Crippen LogP contribution in [0.3, 0.4) is 0 Å². The van der Waals surface area contributed by atoms with Crippen LogP contribution in [0.25, 0.3) is 16.8 Å². The molecule has 0 spiro atoms. The SMILES string of the molecule is O=C(C=Cc1cccc(F)c1)Nc1ccc2ccccc2c1. The summed E-state index contributed by atoms with van der Waals surface area (Å²) < 4.78 is 13.1. The highest BCUT2D eigenvalue weighted by atomic mass is 19.1. The number of benzene rings is 3. The monoisotopic (exact) mass is 291 g/mol. The predicted octanol–water partition coefficient (Wildman–Crippen LogP) is 4.63. The first-order valence-electron chi connectivity index (χ1n) is 6.94. The molecule has 0 saturated carbocycles. The smallest absolute Gasteiger partial charge is 0.248 e. The van der Waals surface area contributed by atoms with Crippen molar-refractivity contribution in [3.8, 4) is 0 Å². The molecule has 3 aromatic rings. The molecule has 0 aliphatic rings. The number of carbonyl (C=O) groups excluding carboxylic acids is 1. The molecule has 0 fully saturated rings. The minimum atomic E-state index is -0.322. The molecule has 0 bridgehead atoms. The summed E-state index contributed by atoms with van der Waals surface area (Å²) in [6.45, 7) is 0. The molecule has 2 nitrogen and oxygen atoms in total. The lowest BCUT2D eigenvalue weighted by atomic mass is 10.1. The van der Waals surface area contributed by atoms with Gasteiger partial charge in [-0.3, -0.25) is 4.79 Å². The lowest BCUT2D eigenvalue weighted by Crippen LogP contribution is -2.07. The van der Waals surface area contributed by atoms with Crippen LogP contribution in [-0.4, -0.2) is 5.91 Å². The summed E-state index contributed by atoms with van der Waals surface area (Å²) in [4.78, 5) is 11.9. The number of amides is 1. The van der Waals surface area contributed by atoms with E-state index < -0.39 is 0 Å². The van der Waals surface area contributed by atoms with E-state index >= 15 is 0 Å². The Hall–Kier alpha value is -2.94. The second kappa shape index (κ2) is 6.22. The fourth-order valence-corrected chi connectivity index (χ4v) is 2.23. The highest BCUT2D eigenvalue weighted by molar-refractivity contribution is 6.03. The Morgan fingerprint density at radius 3 is 2.55 bits per heavy atom. The number of hydrogen-bond acceptors (Lipinski definition) is 1. The van der Waals surface area contributed by atoms with Crippen LogP contribution in [0.15, 0.2) is 72.8 Å². The number of fused-ring (bicyclic) bond motifs is 1. The first-order valence-corrected chi connectivity index (χ1v) is 6.94. The molecule has 108 valence electrons. The lowest BCUT2D eigenvalue weighted by molar-refractivity contribution is -0.111. The lowest BCUT2D eigenvalue weighted by Gasteiger charge is -2.04. The minimum absolute atomic E-state index is 0.250. The fourth-order valence-electron chi connectivity index (χ4n) is 2.23. The van der Waals surface area contributed by atoms with Crippen LogP contribution in [0.2, 0.25) is 0 Å². The first-order chi connectivity index (χ1) is 10.7. The molecule has 0 aromatic heterocycles. The van der Waals surface area contributed by atoms with Crippen LogP contribution >= 0.6 is 0 Å². The third-order valence-corrected chi connectivity index (χ3v) is 3.29. The van der Waals surface area contributed by atoms with E-state index in [4.69, 9.17) is 0 Å². The van der Waals surface area contributed by atoms with E-state index in [2.05, 4.69) is 5.32 Å². The zero-order valence-corrected chi connectivity index (χ0v) is 11.8. The molecule has 0 aliphatic carbocycles. The van der Waals surface area contributed by atoms with E-state index in [9.17, 15) is 9.18 Å². The fraction of sp³-hybridized carbons (Fsp3) is 0. The van der Waals surface area contributed by atoms with E-state index in [0.29, 0.717) is 5.56 Å². The van der Waals surface area contributed by atoms with Gasteiger partial charge in [-0.15, -0.1) is 0 Å². The topological polar surface area (TPSA) is 29.1 Å². The standard InChI is InChI=1S/C19H14FNO/c20-17-7-3-4-14(12-17)8-11-19(22)21-18-10-9-15-5-1-2-6-16(15)13-18/h1-13H,(H,21,22). The van der Waals surface area contributed by atoms with Crippen molar-refractivity contribution in [3.05, 3.63) is 84.2 Å². The van der Waals surface area contributed by atoms with Crippen molar-refractivity contribution >= 4 is 28.4 Å². The van der Waals surface area contributed by atoms with Crippen LogP contribution in [0.5, 0.6) is 0 Å². The van der Waals surface area contributed by atoms with Gasteiger partial charge in [0, 0.05) is 11.8 Å². The summed E-state index contributed by atoms with van der Waals surface area (Å²) in [7, 11) is 0. The maximum absolute atomic E-state index is 13.1. The van der Waals surface area contributed by atoms with Crippen molar-refractivity contribution in [2.75, 3.05) is 5.32 Å². The Morgan fingerprint density at radius 2 is 1.73 bits per heavy atom. The summed E-state index contributed by atoms with van der Waals surface area (Å²) in [5.74, 6) is -0.573. The Morgan fingerprint density at radius 1 is 0.909 bits per heavy atom. The maximum atomic E-state index is 13.1. The largest absolute Gasteiger partial charge is 0.322 e. The van der Waals surface area contributed by atoms with Crippen molar-refractivity contribution in [2.24, 2.45) is 0 Å². The summed E-state index contributed by atoms with van der Waals surface area (Å²) in [6, 6.07) is 19.8. The quantitative estimate of drug-likeness (QED) is 0.700. The highest BCUT2D eigenvalue weighted by Gasteiger charge is 2.00. The Bertz CT molecular complexity index is 855. The van der Waals surface area contributed by atoms with Gasteiger partial charge in [0.05, 0.1) is 0 Å². The van der Waals surface area contributed by atoms with Gasteiger partial charge in [-0.25, -0.2) is 4.39 Å². The number of anilines is 1. The van der Waals surface area contributed by atoms with Crippen LogP contribution < -0.4 is 5.32 Å². The Balaban J connectivity index is 1.72. The third kappa shape index (κ3) is 3.38. The molecular weight excluding hydrogens is 277 g/mol. The van der Waals surface area contributed by atoms with Crippen molar-refractivity contribution in [2.45, 2.75) is 0 Å². The molecule has 3 aromatic carbocycles. The van der Waals surface area contributed by atoms with Gasteiger partial charge < -0.3 is 5.32 Å². The molecule has 0 unspecified atom stereocenters. The highest BCUT2D eigenvalue weighted by Crippen LogP contribution is 2.18. The molecule has 3 heteroatoms. The zero-order valence-electron chi connectivity index (χ0n) is 11.8. The van der Waals surface area contributed by atoms with Crippen molar-refractivity contribution in [1.29, 1.82) is 0 Å². The number of hydrogen-bond donors (Lipinski definition) is 1. The molecule has 0 saturated heterocycles. The van der Waals surface area contributed by atoms with E-state index in [0.717, 1.165) is 16.5 Å². The molecule has 0 heterocycles. The van der Waals surface area contributed by atoms with Gasteiger partial charge in [0.2, 0.25) is 5.91 Å². The Labute approximate surface area is 127 Å². The maximum Gasteiger partial charge on any atom is 0.248 e. The Kier molecular flexibility index (Phi) is 3.97. The van der Waals surface area contributed by atoms with Gasteiger partial charge >= 0.3 is 0 Å². The summed E-state index contributed by atoms with van der Waals surface area (Å²) >= 11 is 0. The molecule has 1 N–H and O–H groups in total. The van der Waals surface area contributed by atoms with Crippen molar-refractivity contribution in [1.82, 2.24) is 0 Å². The summed E-state index contributed by atoms with van der Waals surface area (Å²) in [5, 5.41) is 4.98. The second-order valence-electron chi connectivity index (χ2n) is 4.94. The number of halogens is 1. The molecule has 0 radical (unpaired) electrons. The van der Waals surface area contributed by atoms with Crippen LogP contribution in [0.1, 0.15) is 5.56 Å². The minimum Gasteiger partial charge on any atom is -0.322 e. The normalized spacial score (nSPS) is 11.0. The van der Waals surface area contributed by atoms with Crippen LogP contribution in [0.4, 0.5) is 10.1 Å². The predicted molar refractivity (Wildman–Crippen MR) is 88.0 cm³/mol. The molecular formula is C19H14FNO. The second-order valence-corrected chi connectivity index (χ2v) is 4.94. The van der Waals surface area contributed by atoms with E-state index in [-0.39, 0.29) is 11.7 Å². The molecule has 3 rings (SSSR count). The number of nitrogens with one attached hydrogen (secondary N) is 1. The van der Waals surface area contributed by atoms with Gasteiger partial charge in [0.1, 0.15) is 5.82 Å². The number of rotatable bonds is 3. The van der Waals surface area contributed by atoms with Gasteiger partial charge in [0.15, 0.2) is 0 Å².